The molecule has 0 radical (unpaired) electrons. The Labute approximate surface area is 101 Å². The SMILES string of the molecule is [2H]OC[C@@H]1O[C@H](n2cc(C)c(=O)n([2H])c2=O)C[C@H]1O[2H]. The number of nitrogens with zero attached hydrogens (tertiary/aromatic N) is 1. The maximum atomic E-state index is 11.9. The first-order valence-corrected chi connectivity index (χ1v) is 5.19. The van der Waals surface area contributed by atoms with Gasteiger partial charge in [-0.25, -0.2) is 4.79 Å². The Kier molecular flexibility index (Phi) is 2.25. The third-order valence-electron chi connectivity index (χ3n) is 2.74. The topological polar surface area (TPSA) is 105 Å². The molecule has 7 heteroatoms. The number of aromatic amines is 1. The second-order valence-electron chi connectivity index (χ2n) is 3.99. The predicted molar refractivity (Wildman–Crippen MR) is 57.7 cm³/mol. The van der Waals surface area contributed by atoms with Crippen LogP contribution in [0.15, 0.2) is 15.8 Å². The van der Waals surface area contributed by atoms with Gasteiger partial charge in [0.05, 0.1) is 12.7 Å². The number of rotatable bonds is 4. The molecular weight excluding hydrogens is 228 g/mol. The second kappa shape index (κ2) is 4.44. The molecule has 0 spiro atoms. The summed E-state index contributed by atoms with van der Waals surface area (Å²) in [6.45, 7) is 1.38. The van der Waals surface area contributed by atoms with Gasteiger partial charge in [0.1, 0.15) is 12.3 Å². The molecule has 17 heavy (non-hydrogen) atoms. The Bertz CT molecular complexity index is 602. The van der Waals surface area contributed by atoms with Crippen molar-refractivity contribution in [3.8, 4) is 0 Å². The summed E-state index contributed by atoms with van der Waals surface area (Å²) in [5, 5.41) is 8.70. The molecule has 1 aromatic heterocycles. The molecule has 0 unspecified atom stereocenters. The Morgan fingerprint density at radius 3 is 3.29 bits per heavy atom. The molecule has 0 amide bonds. The number of aryl methyl sites for hydroxylation is 1. The van der Waals surface area contributed by atoms with Gasteiger partial charge in [-0.15, -0.1) is 0 Å². The fourth-order valence-electron chi connectivity index (χ4n) is 1.78. The average Bonchev–Trinajstić information content (AvgIpc) is 2.84. The molecule has 94 valence electrons. The number of ether oxygens (including phenoxy) is 1. The lowest BCUT2D eigenvalue weighted by molar-refractivity contribution is -0.0459. The van der Waals surface area contributed by atoms with Crippen molar-refractivity contribution < 1.29 is 16.4 Å². The van der Waals surface area contributed by atoms with E-state index in [4.69, 9.17) is 9.01 Å². The van der Waals surface area contributed by atoms with Crippen molar-refractivity contribution >= 4 is 0 Å². The van der Waals surface area contributed by atoms with E-state index >= 15 is 0 Å². The van der Waals surface area contributed by atoms with E-state index in [0.29, 0.717) is 0 Å². The maximum absolute atomic E-state index is 11.9. The Balaban J connectivity index is 2.34. The van der Waals surface area contributed by atoms with Crippen LogP contribution in [0.4, 0.5) is 0 Å². The van der Waals surface area contributed by atoms with E-state index in [1.54, 1.807) is 0 Å². The Morgan fingerprint density at radius 1 is 1.76 bits per heavy atom. The Morgan fingerprint density at radius 2 is 2.59 bits per heavy atom. The molecule has 0 aliphatic carbocycles. The van der Waals surface area contributed by atoms with Crippen LogP contribution in [0.3, 0.4) is 0 Å². The number of hydrogen-bond acceptors (Lipinski definition) is 5. The largest absolute Gasteiger partial charge is 0.394 e. The zero-order valence-corrected chi connectivity index (χ0v) is 9.16. The van der Waals surface area contributed by atoms with Gasteiger partial charge in [0.2, 0.25) is 2.86 Å². The maximum Gasteiger partial charge on any atom is 0.330 e. The highest BCUT2D eigenvalue weighted by molar-refractivity contribution is 5.02. The zero-order valence-electron chi connectivity index (χ0n) is 12.2. The first-order chi connectivity index (χ1) is 9.49. The van der Waals surface area contributed by atoms with Crippen molar-refractivity contribution in [3.05, 3.63) is 32.6 Å². The summed E-state index contributed by atoms with van der Waals surface area (Å²) in [6, 6.07) is 0. The molecule has 1 aliphatic heterocycles. The van der Waals surface area contributed by atoms with Gasteiger partial charge in [-0.2, -0.15) is 0 Å². The minimum atomic E-state index is -0.832. The van der Waals surface area contributed by atoms with Gasteiger partial charge in [-0.3, -0.25) is 14.3 Å². The number of H-pyrrole nitrogens is 1. The molecule has 1 aliphatic rings. The van der Waals surface area contributed by atoms with Crippen molar-refractivity contribution in [1.82, 2.24) is 9.54 Å². The highest BCUT2D eigenvalue weighted by Gasteiger charge is 2.34. The van der Waals surface area contributed by atoms with E-state index in [-0.39, 0.29) is 23.6 Å². The van der Waals surface area contributed by atoms with Gasteiger partial charge in [0.25, 0.3) is 5.56 Å². The summed E-state index contributed by atoms with van der Waals surface area (Å²) >= 11 is 0. The van der Waals surface area contributed by atoms with Crippen molar-refractivity contribution in [1.29, 1.82) is 2.86 Å². The van der Waals surface area contributed by atoms with Gasteiger partial charge in [0.15, 0.2) is 1.41 Å². The smallest absolute Gasteiger partial charge is 0.330 e. The summed E-state index contributed by atoms with van der Waals surface area (Å²) in [6.07, 6.45) is -0.577. The molecule has 3 atom stereocenters. The predicted octanol–water partition coefficient (Wildman–Crippen LogP) is -1.51. The lowest BCUT2D eigenvalue weighted by Crippen LogP contribution is -2.33. The van der Waals surface area contributed by atoms with E-state index in [9.17, 15) is 9.59 Å². The van der Waals surface area contributed by atoms with E-state index in [1.165, 1.54) is 13.1 Å². The van der Waals surface area contributed by atoms with Crippen LogP contribution in [0.5, 0.6) is 0 Å². The van der Waals surface area contributed by atoms with Crippen molar-refractivity contribution in [2.45, 2.75) is 31.8 Å². The summed E-state index contributed by atoms with van der Waals surface area (Å²) in [7, 11) is 0. The molecule has 2 rings (SSSR count). The molecule has 1 aromatic rings. The molecule has 7 nitrogen and oxygen atoms in total. The number of hydrogen-bond donors (Lipinski definition) is 3. The molecule has 1 fully saturated rings. The van der Waals surface area contributed by atoms with Crippen LogP contribution in [-0.2, 0) is 4.74 Å². The van der Waals surface area contributed by atoms with Crippen LogP contribution >= 0.6 is 0 Å². The molecular formula is C10H14N2O5. The summed E-state index contributed by atoms with van der Waals surface area (Å²) < 4.78 is 27.7. The van der Waals surface area contributed by atoms with Crippen LogP contribution < -0.4 is 11.2 Å². The third-order valence-corrected chi connectivity index (χ3v) is 2.74. The van der Waals surface area contributed by atoms with E-state index < -0.39 is 29.7 Å². The molecule has 1 saturated heterocycles. The summed E-state index contributed by atoms with van der Waals surface area (Å²) in [5.74, 6) is 0. The quantitative estimate of drug-likeness (QED) is 0.598. The summed E-state index contributed by atoms with van der Waals surface area (Å²) in [5.41, 5.74) is -1.29. The fraction of sp³-hybridized carbons (Fsp3) is 0.600. The minimum Gasteiger partial charge on any atom is -0.394 e. The standard InChI is InChI=1S/C10H14N2O5/c1-5-3-12(10(16)11-9(5)15)8-2-6(14)7(4-13)17-8/h3,6-8,13-14H,2,4H2,1H3,(H,11,15,16)/t6-,7+,8+/m1/s1/i13D,14D/hD. The van der Waals surface area contributed by atoms with Gasteiger partial charge < -0.3 is 15.0 Å². The zero-order chi connectivity index (χ0) is 14.9. The summed E-state index contributed by atoms with van der Waals surface area (Å²) in [4.78, 5) is 23.6. The minimum absolute atomic E-state index is 0.103. The van der Waals surface area contributed by atoms with Gasteiger partial charge in [0, 0.05) is 18.2 Å². The Hall–Kier alpha value is -1.44. The lowest BCUT2D eigenvalue weighted by Gasteiger charge is -2.14. The van der Waals surface area contributed by atoms with Gasteiger partial charge >= 0.3 is 5.69 Å². The molecule has 0 aromatic carbocycles. The molecule has 3 N–H and O–H groups in total. The lowest BCUT2D eigenvalue weighted by atomic mass is 10.2. The van der Waals surface area contributed by atoms with Gasteiger partial charge in [-0.05, 0) is 6.92 Å². The van der Waals surface area contributed by atoms with Crippen LogP contribution in [0.2, 0.25) is 1.41 Å². The van der Waals surface area contributed by atoms with Crippen LogP contribution in [0, 0.1) is 6.92 Å². The normalized spacial score (nSPS) is 30.9. The molecule has 0 bridgehead atoms. The molecule has 2 heterocycles. The van der Waals surface area contributed by atoms with E-state index in [0.717, 1.165) is 4.57 Å². The number of aliphatic hydroxyl groups excluding tert-OH is 2. The number of aliphatic hydroxyl groups is 2. The highest BCUT2D eigenvalue weighted by atomic mass is 16.5. The van der Waals surface area contributed by atoms with E-state index in [2.05, 4.69) is 10.2 Å². The van der Waals surface area contributed by atoms with Crippen molar-refractivity contribution in [3.63, 3.8) is 0 Å². The van der Waals surface area contributed by atoms with Crippen molar-refractivity contribution in [2.24, 2.45) is 0 Å². The first kappa shape index (κ1) is 8.62. The third kappa shape index (κ3) is 2.17. The number of aromatic nitrogens is 2. The van der Waals surface area contributed by atoms with E-state index in [1.807, 2.05) is 0 Å². The van der Waals surface area contributed by atoms with Crippen LogP contribution in [0.25, 0.3) is 0 Å². The first-order valence-electron chi connectivity index (χ1n) is 6.45. The average molecular weight is 245 g/mol. The van der Waals surface area contributed by atoms with Crippen LogP contribution in [-0.4, -0.2) is 41.4 Å². The number of nitrogens with one attached hydrogen (secondary N) is 1. The second-order valence-corrected chi connectivity index (χ2v) is 3.99. The fourth-order valence-corrected chi connectivity index (χ4v) is 1.78. The van der Waals surface area contributed by atoms with Crippen molar-refractivity contribution in [2.75, 3.05) is 6.61 Å². The van der Waals surface area contributed by atoms with Crippen LogP contribution in [0.1, 0.15) is 18.2 Å². The molecule has 0 saturated carbocycles. The van der Waals surface area contributed by atoms with Gasteiger partial charge in [-0.1, -0.05) is 0 Å². The highest BCUT2D eigenvalue weighted by Crippen LogP contribution is 2.27. The monoisotopic (exact) mass is 245 g/mol.